The number of methoxy groups -OCH3 is 1. The third-order valence-corrected chi connectivity index (χ3v) is 1.81. The predicted octanol–water partition coefficient (Wildman–Crippen LogP) is 0.977. The molecular formula is C10H10NO3. The standard InChI is InChI=1S/C10H10NO3/c1-11(7-12)9-5-3-8(4-6-9)10(13)14-2/h3-6H,1-2H3. The van der Waals surface area contributed by atoms with E-state index in [1.807, 2.05) is 0 Å². The number of carbonyl (C=O) groups is 1. The second-order valence-electron chi connectivity index (χ2n) is 2.69. The molecule has 4 heteroatoms. The van der Waals surface area contributed by atoms with Gasteiger partial charge in [-0.1, -0.05) is 0 Å². The zero-order valence-electron chi connectivity index (χ0n) is 7.98. The number of esters is 1. The van der Waals surface area contributed by atoms with Gasteiger partial charge >= 0.3 is 12.4 Å². The van der Waals surface area contributed by atoms with Crippen molar-refractivity contribution in [1.29, 1.82) is 0 Å². The molecule has 1 rings (SSSR count). The van der Waals surface area contributed by atoms with Crippen LogP contribution in [0.2, 0.25) is 0 Å². The number of nitrogens with zero attached hydrogens (tertiary/aromatic N) is 1. The molecule has 0 saturated carbocycles. The van der Waals surface area contributed by atoms with Gasteiger partial charge in [-0.25, -0.2) is 4.79 Å². The molecule has 14 heavy (non-hydrogen) atoms. The van der Waals surface area contributed by atoms with Gasteiger partial charge in [0.25, 0.3) is 0 Å². The number of carbonyl (C=O) groups excluding carboxylic acids is 2. The Morgan fingerprint density at radius 3 is 2.36 bits per heavy atom. The Morgan fingerprint density at radius 1 is 1.36 bits per heavy atom. The molecule has 4 nitrogen and oxygen atoms in total. The minimum absolute atomic E-state index is 0.394. The van der Waals surface area contributed by atoms with E-state index < -0.39 is 5.97 Å². The Labute approximate surface area is 82.1 Å². The van der Waals surface area contributed by atoms with Crippen molar-refractivity contribution in [3.63, 3.8) is 0 Å². The molecule has 0 aliphatic rings. The van der Waals surface area contributed by atoms with Crippen LogP contribution in [0.3, 0.4) is 0 Å². The van der Waals surface area contributed by atoms with E-state index in [4.69, 9.17) is 0 Å². The van der Waals surface area contributed by atoms with Crippen LogP contribution in [0.5, 0.6) is 0 Å². The molecule has 0 N–H and O–H groups in total. The largest absolute Gasteiger partial charge is 0.465 e. The Hall–Kier alpha value is -1.84. The van der Waals surface area contributed by atoms with E-state index >= 15 is 0 Å². The highest BCUT2D eigenvalue weighted by atomic mass is 16.5. The molecule has 0 fully saturated rings. The van der Waals surface area contributed by atoms with E-state index in [0.29, 0.717) is 11.3 Å². The molecular weight excluding hydrogens is 182 g/mol. The van der Waals surface area contributed by atoms with E-state index in [1.165, 1.54) is 12.0 Å². The summed E-state index contributed by atoms with van der Waals surface area (Å²) in [5, 5.41) is 0. The minimum Gasteiger partial charge on any atom is -0.465 e. The second kappa shape index (κ2) is 4.41. The monoisotopic (exact) mass is 192 g/mol. The van der Waals surface area contributed by atoms with Gasteiger partial charge in [-0.3, -0.25) is 4.79 Å². The van der Waals surface area contributed by atoms with Crippen LogP contribution in [-0.4, -0.2) is 26.5 Å². The molecule has 0 atom stereocenters. The molecule has 0 aliphatic heterocycles. The highest BCUT2D eigenvalue weighted by Gasteiger charge is 2.05. The van der Waals surface area contributed by atoms with Gasteiger partial charge in [0.2, 0.25) is 0 Å². The van der Waals surface area contributed by atoms with Gasteiger partial charge < -0.3 is 9.64 Å². The van der Waals surface area contributed by atoms with Crippen LogP contribution < -0.4 is 4.90 Å². The molecule has 0 aliphatic carbocycles. The van der Waals surface area contributed by atoms with E-state index in [1.54, 1.807) is 37.7 Å². The molecule has 1 aromatic rings. The van der Waals surface area contributed by atoms with Gasteiger partial charge in [0.05, 0.1) is 12.7 Å². The maximum absolute atomic E-state index is 11.1. The molecule has 1 amide bonds. The van der Waals surface area contributed by atoms with E-state index in [-0.39, 0.29) is 0 Å². The quantitative estimate of drug-likeness (QED) is 0.529. The summed E-state index contributed by atoms with van der Waals surface area (Å²) in [5.74, 6) is -0.394. The molecule has 1 aromatic carbocycles. The second-order valence-corrected chi connectivity index (χ2v) is 2.69. The van der Waals surface area contributed by atoms with Crippen molar-refractivity contribution in [2.75, 3.05) is 19.1 Å². The molecule has 0 aromatic heterocycles. The lowest BCUT2D eigenvalue weighted by Crippen LogP contribution is -2.13. The van der Waals surface area contributed by atoms with E-state index in [9.17, 15) is 9.59 Å². The summed E-state index contributed by atoms with van der Waals surface area (Å²) >= 11 is 0. The Kier molecular flexibility index (Phi) is 3.23. The van der Waals surface area contributed by atoms with Gasteiger partial charge in [-0.15, -0.1) is 0 Å². The van der Waals surface area contributed by atoms with Crippen molar-refractivity contribution in [1.82, 2.24) is 0 Å². The van der Waals surface area contributed by atoms with Crippen LogP contribution in [0.25, 0.3) is 0 Å². The first kappa shape index (κ1) is 10.2. The van der Waals surface area contributed by atoms with E-state index in [0.717, 1.165) is 0 Å². The van der Waals surface area contributed by atoms with Crippen LogP contribution in [0, 0.1) is 0 Å². The summed E-state index contributed by atoms with van der Waals surface area (Å²) in [5.41, 5.74) is 1.13. The van der Waals surface area contributed by atoms with Crippen LogP contribution >= 0.6 is 0 Å². The van der Waals surface area contributed by atoms with Crippen LogP contribution in [0.15, 0.2) is 24.3 Å². The summed E-state index contributed by atoms with van der Waals surface area (Å²) in [4.78, 5) is 22.6. The average molecular weight is 192 g/mol. The summed E-state index contributed by atoms with van der Waals surface area (Å²) in [6.45, 7) is 0. The Bertz CT molecular complexity index is 332. The summed E-state index contributed by atoms with van der Waals surface area (Å²) in [7, 11) is 2.90. The first-order valence-electron chi connectivity index (χ1n) is 3.99. The Morgan fingerprint density at radius 2 is 1.93 bits per heavy atom. The molecule has 0 bridgehead atoms. The number of rotatable bonds is 3. The van der Waals surface area contributed by atoms with E-state index in [2.05, 4.69) is 4.74 Å². The van der Waals surface area contributed by atoms with Crippen LogP contribution in [0.4, 0.5) is 5.69 Å². The highest BCUT2D eigenvalue weighted by Crippen LogP contribution is 2.12. The third kappa shape index (κ3) is 2.10. The smallest absolute Gasteiger partial charge is 0.337 e. The van der Waals surface area contributed by atoms with Crippen LogP contribution in [-0.2, 0) is 9.53 Å². The minimum atomic E-state index is -0.394. The normalized spacial score (nSPS) is 9.29. The third-order valence-electron chi connectivity index (χ3n) is 1.81. The van der Waals surface area contributed by atoms with Gasteiger partial charge in [0.15, 0.2) is 0 Å². The van der Waals surface area contributed by atoms with Gasteiger partial charge in [0, 0.05) is 12.7 Å². The van der Waals surface area contributed by atoms with Crippen LogP contribution in [0.1, 0.15) is 10.4 Å². The number of amides is 1. The van der Waals surface area contributed by atoms with Crippen molar-refractivity contribution < 1.29 is 14.3 Å². The maximum atomic E-state index is 11.1. The first-order valence-corrected chi connectivity index (χ1v) is 3.99. The van der Waals surface area contributed by atoms with Gasteiger partial charge in [-0.2, -0.15) is 0 Å². The van der Waals surface area contributed by atoms with Crippen molar-refractivity contribution in [3.8, 4) is 0 Å². The number of ether oxygens (including phenoxy) is 1. The lowest BCUT2D eigenvalue weighted by molar-refractivity contribution is 0.0601. The fourth-order valence-electron chi connectivity index (χ4n) is 0.992. The fourth-order valence-corrected chi connectivity index (χ4v) is 0.992. The number of hydrogen-bond donors (Lipinski definition) is 0. The fraction of sp³-hybridized carbons (Fsp3) is 0.200. The Balaban J connectivity index is 2.88. The predicted molar refractivity (Wildman–Crippen MR) is 51.9 cm³/mol. The zero-order valence-corrected chi connectivity index (χ0v) is 7.98. The molecule has 0 saturated heterocycles. The summed E-state index contributed by atoms with van der Waals surface area (Å²) in [6.07, 6.45) is 1.71. The average Bonchev–Trinajstić information content (AvgIpc) is 2.27. The number of hydrogen-bond acceptors (Lipinski definition) is 3. The van der Waals surface area contributed by atoms with Crippen molar-refractivity contribution in [3.05, 3.63) is 29.8 Å². The molecule has 73 valence electrons. The highest BCUT2D eigenvalue weighted by molar-refractivity contribution is 5.90. The maximum Gasteiger partial charge on any atom is 0.337 e. The molecule has 0 spiro atoms. The van der Waals surface area contributed by atoms with Crippen molar-refractivity contribution >= 4 is 18.1 Å². The summed E-state index contributed by atoms with van der Waals surface area (Å²) < 4.78 is 4.53. The lowest BCUT2D eigenvalue weighted by atomic mass is 10.2. The van der Waals surface area contributed by atoms with Gasteiger partial charge in [0.1, 0.15) is 0 Å². The number of benzene rings is 1. The first-order chi connectivity index (χ1) is 6.69. The molecule has 0 unspecified atom stereocenters. The molecule has 0 heterocycles. The summed E-state index contributed by atoms with van der Waals surface area (Å²) in [6, 6.07) is 6.48. The van der Waals surface area contributed by atoms with Crippen molar-refractivity contribution in [2.24, 2.45) is 0 Å². The lowest BCUT2D eigenvalue weighted by Gasteiger charge is -2.09. The van der Waals surface area contributed by atoms with Gasteiger partial charge in [-0.05, 0) is 24.3 Å². The number of anilines is 1. The SMILES string of the molecule is COC(=O)c1ccc(N(C)[C]=O)cc1. The van der Waals surface area contributed by atoms with Crippen molar-refractivity contribution in [2.45, 2.75) is 0 Å². The topological polar surface area (TPSA) is 46.6 Å². The molecule has 1 radical (unpaired) electrons. The zero-order chi connectivity index (χ0) is 10.6.